The monoisotopic (exact) mass is 253 g/mol. The van der Waals surface area contributed by atoms with Gasteiger partial charge in [0.1, 0.15) is 5.75 Å². The van der Waals surface area contributed by atoms with E-state index in [1.807, 2.05) is 6.07 Å². The third kappa shape index (κ3) is 2.64. The van der Waals surface area contributed by atoms with E-state index in [2.05, 4.69) is 42.5 Å². The molecule has 2 nitrogen and oxygen atoms in total. The molecule has 0 fully saturated rings. The second-order valence-electron chi connectivity index (χ2n) is 5.17. The Kier molecular flexibility index (Phi) is 3.51. The molecule has 1 aliphatic heterocycles. The van der Waals surface area contributed by atoms with Crippen LogP contribution in [0.3, 0.4) is 0 Å². The van der Waals surface area contributed by atoms with Crippen molar-refractivity contribution in [2.24, 2.45) is 11.7 Å². The normalized spacial score (nSPS) is 17.6. The maximum atomic E-state index is 5.85. The van der Waals surface area contributed by atoms with E-state index in [0.29, 0.717) is 12.5 Å². The summed E-state index contributed by atoms with van der Waals surface area (Å²) < 4.78 is 5.85. The molecule has 0 amide bonds. The lowest BCUT2D eigenvalue weighted by Crippen LogP contribution is -2.23. The van der Waals surface area contributed by atoms with Crippen LogP contribution in [0.2, 0.25) is 0 Å². The Labute approximate surface area is 114 Å². The van der Waals surface area contributed by atoms with Crippen LogP contribution in [-0.2, 0) is 19.4 Å². The van der Waals surface area contributed by atoms with Gasteiger partial charge >= 0.3 is 0 Å². The highest BCUT2D eigenvalue weighted by Gasteiger charge is 2.20. The zero-order chi connectivity index (χ0) is 13.1. The topological polar surface area (TPSA) is 35.2 Å². The number of benzene rings is 2. The fourth-order valence-corrected chi connectivity index (χ4v) is 2.79. The zero-order valence-corrected chi connectivity index (χ0v) is 11.0. The first-order valence-electron chi connectivity index (χ1n) is 6.84. The minimum absolute atomic E-state index is 0.544. The number of hydrogen-bond donors (Lipinski definition) is 1. The molecule has 0 aliphatic carbocycles. The van der Waals surface area contributed by atoms with Gasteiger partial charge in [-0.1, -0.05) is 42.5 Å². The minimum atomic E-state index is 0.544. The Balaban J connectivity index is 1.75. The second-order valence-corrected chi connectivity index (χ2v) is 5.17. The highest BCUT2D eigenvalue weighted by Crippen LogP contribution is 2.29. The number of nitrogens with two attached hydrogens (primary N) is 1. The van der Waals surface area contributed by atoms with Crippen molar-refractivity contribution in [3.05, 3.63) is 65.2 Å². The van der Waals surface area contributed by atoms with Crippen molar-refractivity contribution in [3.63, 3.8) is 0 Å². The predicted molar refractivity (Wildman–Crippen MR) is 77.2 cm³/mol. The molecule has 0 radical (unpaired) electrons. The van der Waals surface area contributed by atoms with E-state index in [1.165, 1.54) is 16.7 Å². The average molecular weight is 253 g/mol. The molecule has 0 saturated heterocycles. The molecule has 2 aromatic rings. The molecule has 0 saturated carbocycles. The standard InChI is InChI=1S/C17H19NO/c18-11-16-7-2-1-5-14(16)9-13-10-15-6-3-4-8-17(15)19-12-13/h1-8,13H,9-12,18H2/t13-/m1/s1. The summed E-state index contributed by atoms with van der Waals surface area (Å²) >= 11 is 0. The summed E-state index contributed by atoms with van der Waals surface area (Å²) in [5.41, 5.74) is 9.73. The van der Waals surface area contributed by atoms with Crippen LogP contribution in [0.5, 0.6) is 5.75 Å². The molecular weight excluding hydrogens is 234 g/mol. The minimum Gasteiger partial charge on any atom is -0.493 e. The molecule has 0 bridgehead atoms. The molecule has 0 unspecified atom stereocenters. The number of rotatable bonds is 3. The Morgan fingerprint density at radius 3 is 2.58 bits per heavy atom. The largest absolute Gasteiger partial charge is 0.493 e. The maximum absolute atomic E-state index is 5.85. The smallest absolute Gasteiger partial charge is 0.122 e. The summed E-state index contributed by atoms with van der Waals surface area (Å²) in [6, 6.07) is 16.8. The van der Waals surface area contributed by atoms with E-state index in [-0.39, 0.29) is 0 Å². The van der Waals surface area contributed by atoms with Gasteiger partial charge in [0.25, 0.3) is 0 Å². The van der Waals surface area contributed by atoms with Gasteiger partial charge in [0.05, 0.1) is 6.61 Å². The fourth-order valence-electron chi connectivity index (χ4n) is 2.79. The fraction of sp³-hybridized carbons (Fsp3) is 0.294. The highest BCUT2D eigenvalue weighted by atomic mass is 16.5. The van der Waals surface area contributed by atoms with Crippen LogP contribution in [0, 0.1) is 5.92 Å². The van der Waals surface area contributed by atoms with Crippen LogP contribution in [0.15, 0.2) is 48.5 Å². The van der Waals surface area contributed by atoms with Gasteiger partial charge < -0.3 is 10.5 Å². The average Bonchev–Trinajstić information content (AvgIpc) is 2.48. The van der Waals surface area contributed by atoms with Gasteiger partial charge in [-0.25, -0.2) is 0 Å². The molecule has 1 aliphatic rings. The number of ether oxygens (including phenoxy) is 1. The lowest BCUT2D eigenvalue weighted by Gasteiger charge is -2.25. The van der Waals surface area contributed by atoms with Gasteiger partial charge in [0.2, 0.25) is 0 Å². The first kappa shape index (κ1) is 12.2. The van der Waals surface area contributed by atoms with E-state index in [1.54, 1.807) is 0 Å². The van der Waals surface area contributed by atoms with Crippen LogP contribution in [0.25, 0.3) is 0 Å². The molecule has 98 valence electrons. The van der Waals surface area contributed by atoms with Crippen LogP contribution in [0.1, 0.15) is 16.7 Å². The third-order valence-electron chi connectivity index (χ3n) is 3.80. The zero-order valence-electron chi connectivity index (χ0n) is 11.0. The van der Waals surface area contributed by atoms with Crippen LogP contribution in [0.4, 0.5) is 0 Å². The Morgan fingerprint density at radius 1 is 1.00 bits per heavy atom. The molecule has 19 heavy (non-hydrogen) atoms. The van der Waals surface area contributed by atoms with E-state index >= 15 is 0 Å². The van der Waals surface area contributed by atoms with Gasteiger partial charge in [-0.2, -0.15) is 0 Å². The summed E-state index contributed by atoms with van der Waals surface area (Å²) in [4.78, 5) is 0. The number of fused-ring (bicyclic) bond motifs is 1. The van der Waals surface area contributed by atoms with Gasteiger partial charge in [0.15, 0.2) is 0 Å². The van der Waals surface area contributed by atoms with Crippen molar-refractivity contribution in [2.45, 2.75) is 19.4 Å². The second kappa shape index (κ2) is 5.45. The van der Waals surface area contributed by atoms with Gasteiger partial charge in [0, 0.05) is 12.5 Å². The molecular formula is C17H19NO. The first-order valence-corrected chi connectivity index (χ1v) is 6.84. The molecule has 2 N–H and O–H groups in total. The maximum Gasteiger partial charge on any atom is 0.122 e. The highest BCUT2D eigenvalue weighted by molar-refractivity contribution is 5.36. The van der Waals surface area contributed by atoms with Crippen molar-refractivity contribution in [1.82, 2.24) is 0 Å². The molecule has 1 atom stereocenters. The van der Waals surface area contributed by atoms with E-state index < -0.39 is 0 Å². The lowest BCUT2D eigenvalue weighted by atomic mass is 9.89. The van der Waals surface area contributed by atoms with Gasteiger partial charge in [-0.05, 0) is 35.6 Å². The number of para-hydroxylation sites is 1. The first-order chi connectivity index (χ1) is 9.36. The van der Waals surface area contributed by atoms with Crippen molar-refractivity contribution in [3.8, 4) is 5.75 Å². The Hall–Kier alpha value is -1.80. The SMILES string of the molecule is NCc1ccccc1C[C@H]1COc2ccccc2C1. The lowest BCUT2D eigenvalue weighted by molar-refractivity contribution is 0.221. The van der Waals surface area contributed by atoms with Crippen LogP contribution in [-0.4, -0.2) is 6.61 Å². The van der Waals surface area contributed by atoms with E-state index in [4.69, 9.17) is 10.5 Å². The Bertz CT molecular complexity index is 565. The predicted octanol–water partition coefficient (Wildman–Crippen LogP) is 2.94. The summed E-state index contributed by atoms with van der Waals surface area (Å²) in [6.07, 6.45) is 2.14. The molecule has 2 aromatic carbocycles. The van der Waals surface area contributed by atoms with Crippen molar-refractivity contribution in [2.75, 3.05) is 6.61 Å². The molecule has 0 aromatic heterocycles. The summed E-state index contributed by atoms with van der Waals surface area (Å²) in [6.45, 7) is 1.41. The summed E-state index contributed by atoms with van der Waals surface area (Å²) in [5.74, 6) is 1.59. The summed E-state index contributed by atoms with van der Waals surface area (Å²) in [5, 5.41) is 0. The van der Waals surface area contributed by atoms with Crippen LogP contribution >= 0.6 is 0 Å². The van der Waals surface area contributed by atoms with E-state index in [0.717, 1.165) is 25.2 Å². The van der Waals surface area contributed by atoms with Crippen molar-refractivity contribution in [1.29, 1.82) is 0 Å². The van der Waals surface area contributed by atoms with Gasteiger partial charge in [-0.15, -0.1) is 0 Å². The molecule has 3 rings (SSSR count). The quantitative estimate of drug-likeness (QED) is 0.912. The van der Waals surface area contributed by atoms with Crippen LogP contribution < -0.4 is 10.5 Å². The molecule has 0 spiro atoms. The molecule has 1 heterocycles. The summed E-state index contributed by atoms with van der Waals surface area (Å²) in [7, 11) is 0. The third-order valence-corrected chi connectivity index (χ3v) is 3.80. The Morgan fingerprint density at radius 2 is 1.74 bits per heavy atom. The van der Waals surface area contributed by atoms with E-state index in [9.17, 15) is 0 Å². The molecule has 2 heteroatoms. The number of hydrogen-bond acceptors (Lipinski definition) is 2. The van der Waals surface area contributed by atoms with Crippen molar-refractivity contribution < 1.29 is 4.74 Å². The van der Waals surface area contributed by atoms with Gasteiger partial charge in [-0.3, -0.25) is 0 Å². The van der Waals surface area contributed by atoms with Crippen molar-refractivity contribution >= 4 is 0 Å².